The topological polar surface area (TPSA) is 62.7 Å². The molecule has 22 heavy (non-hydrogen) atoms. The van der Waals surface area contributed by atoms with E-state index in [1.807, 2.05) is 24.4 Å². The minimum Gasteiger partial charge on any atom is -0.354 e. The van der Waals surface area contributed by atoms with E-state index in [0.29, 0.717) is 17.1 Å². The SMILES string of the molecule is CC(C(=O)NCCC(C)(C)C)n1c(-c2cccs2)n[nH]c1=S. The molecule has 0 aliphatic heterocycles. The lowest BCUT2D eigenvalue weighted by Crippen LogP contribution is -2.33. The molecule has 2 heterocycles. The van der Waals surface area contributed by atoms with Crippen LogP contribution in [0.5, 0.6) is 0 Å². The van der Waals surface area contributed by atoms with Crippen LogP contribution in [-0.2, 0) is 4.79 Å². The maximum atomic E-state index is 12.4. The molecule has 2 aromatic heterocycles. The summed E-state index contributed by atoms with van der Waals surface area (Å²) in [6, 6.07) is 3.52. The number of hydrogen-bond donors (Lipinski definition) is 2. The van der Waals surface area contributed by atoms with E-state index in [-0.39, 0.29) is 11.3 Å². The molecule has 120 valence electrons. The fourth-order valence-electron chi connectivity index (χ4n) is 2.07. The van der Waals surface area contributed by atoms with Crippen LogP contribution in [0.2, 0.25) is 0 Å². The van der Waals surface area contributed by atoms with Crippen LogP contribution < -0.4 is 5.32 Å². The summed E-state index contributed by atoms with van der Waals surface area (Å²) in [5.74, 6) is 0.665. The molecule has 2 N–H and O–H groups in total. The van der Waals surface area contributed by atoms with E-state index >= 15 is 0 Å². The number of nitrogens with one attached hydrogen (secondary N) is 2. The molecule has 0 aromatic carbocycles. The van der Waals surface area contributed by atoms with Crippen molar-refractivity contribution in [3.05, 3.63) is 22.3 Å². The van der Waals surface area contributed by atoms with Crippen LogP contribution in [0.4, 0.5) is 0 Å². The van der Waals surface area contributed by atoms with E-state index in [1.54, 1.807) is 15.9 Å². The maximum Gasteiger partial charge on any atom is 0.242 e. The molecule has 5 nitrogen and oxygen atoms in total. The number of aromatic amines is 1. The molecule has 1 unspecified atom stereocenters. The van der Waals surface area contributed by atoms with Crippen molar-refractivity contribution in [2.75, 3.05) is 6.54 Å². The zero-order valence-corrected chi connectivity index (χ0v) is 15.0. The highest BCUT2D eigenvalue weighted by atomic mass is 32.1. The van der Waals surface area contributed by atoms with Crippen molar-refractivity contribution in [1.29, 1.82) is 0 Å². The predicted octanol–water partition coefficient (Wildman–Crippen LogP) is 3.78. The highest BCUT2D eigenvalue weighted by Crippen LogP contribution is 2.25. The van der Waals surface area contributed by atoms with Crippen molar-refractivity contribution in [1.82, 2.24) is 20.1 Å². The first-order valence-electron chi connectivity index (χ1n) is 7.28. The van der Waals surface area contributed by atoms with Gasteiger partial charge in [-0.15, -0.1) is 11.3 Å². The summed E-state index contributed by atoms with van der Waals surface area (Å²) in [7, 11) is 0. The Morgan fingerprint density at radius 1 is 1.55 bits per heavy atom. The van der Waals surface area contributed by atoms with E-state index in [0.717, 1.165) is 11.3 Å². The Morgan fingerprint density at radius 2 is 2.27 bits per heavy atom. The lowest BCUT2D eigenvalue weighted by molar-refractivity contribution is -0.123. The summed E-state index contributed by atoms with van der Waals surface area (Å²) in [6.45, 7) is 8.97. The number of carbonyl (C=O) groups excluding carboxylic acids is 1. The highest BCUT2D eigenvalue weighted by molar-refractivity contribution is 7.71. The average molecular weight is 339 g/mol. The second-order valence-corrected chi connectivity index (χ2v) is 7.81. The molecular weight excluding hydrogens is 316 g/mol. The van der Waals surface area contributed by atoms with Crippen LogP contribution in [0.1, 0.15) is 40.2 Å². The van der Waals surface area contributed by atoms with Gasteiger partial charge in [-0.3, -0.25) is 14.5 Å². The van der Waals surface area contributed by atoms with Gasteiger partial charge in [-0.2, -0.15) is 5.10 Å². The van der Waals surface area contributed by atoms with Crippen molar-refractivity contribution in [3.63, 3.8) is 0 Å². The number of aromatic nitrogens is 3. The van der Waals surface area contributed by atoms with Gasteiger partial charge >= 0.3 is 0 Å². The van der Waals surface area contributed by atoms with Crippen LogP contribution in [0, 0.1) is 10.2 Å². The first-order chi connectivity index (χ1) is 10.3. The molecule has 0 radical (unpaired) electrons. The van der Waals surface area contributed by atoms with Gasteiger partial charge in [-0.05, 0) is 42.4 Å². The fraction of sp³-hybridized carbons (Fsp3) is 0.533. The van der Waals surface area contributed by atoms with Crippen molar-refractivity contribution in [2.24, 2.45) is 5.41 Å². The van der Waals surface area contributed by atoms with E-state index in [9.17, 15) is 4.79 Å². The van der Waals surface area contributed by atoms with Crippen LogP contribution in [-0.4, -0.2) is 27.2 Å². The molecule has 0 bridgehead atoms. The van der Waals surface area contributed by atoms with Gasteiger partial charge in [0.15, 0.2) is 10.6 Å². The molecule has 0 saturated carbocycles. The predicted molar refractivity (Wildman–Crippen MR) is 92.5 cm³/mol. The number of amides is 1. The summed E-state index contributed by atoms with van der Waals surface area (Å²) >= 11 is 6.86. The van der Waals surface area contributed by atoms with Gasteiger partial charge in [0.1, 0.15) is 6.04 Å². The second-order valence-electron chi connectivity index (χ2n) is 6.48. The van der Waals surface area contributed by atoms with Gasteiger partial charge < -0.3 is 5.32 Å². The Kier molecular flexibility index (Phi) is 5.18. The fourth-order valence-corrected chi connectivity index (χ4v) is 3.07. The molecule has 1 amide bonds. The Morgan fingerprint density at radius 3 is 2.86 bits per heavy atom. The van der Waals surface area contributed by atoms with Crippen molar-refractivity contribution in [3.8, 4) is 10.7 Å². The molecular formula is C15H22N4OS2. The van der Waals surface area contributed by atoms with E-state index in [4.69, 9.17) is 12.2 Å². The minimum atomic E-state index is -0.400. The van der Waals surface area contributed by atoms with Gasteiger partial charge in [0.2, 0.25) is 5.91 Å². The van der Waals surface area contributed by atoms with E-state index < -0.39 is 6.04 Å². The Labute approximate surface area is 139 Å². The molecule has 0 spiro atoms. The Bertz CT molecular complexity index is 679. The monoisotopic (exact) mass is 338 g/mol. The van der Waals surface area contributed by atoms with Crippen LogP contribution in [0.15, 0.2) is 17.5 Å². The van der Waals surface area contributed by atoms with Crippen molar-refractivity contribution < 1.29 is 4.79 Å². The first kappa shape index (κ1) is 16.9. The number of nitrogens with zero attached hydrogens (tertiary/aromatic N) is 2. The molecule has 2 rings (SSSR count). The summed E-state index contributed by atoms with van der Waals surface area (Å²) in [6.07, 6.45) is 0.931. The molecule has 1 atom stereocenters. The molecule has 0 aliphatic carbocycles. The van der Waals surface area contributed by atoms with Gasteiger partial charge in [-0.25, -0.2) is 0 Å². The highest BCUT2D eigenvalue weighted by Gasteiger charge is 2.21. The van der Waals surface area contributed by atoms with Crippen LogP contribution in [0.25, 0.3) is 10.7 Å². The van der Waals surface area contributed by atoms with Crippen molar-refractivity contribution in [2.45, 2.75) is 40.2 Å². The minimum absolute atomic E-state index is 0.0421. The Balaban J connectivity index is 2.13. The van der Waals surface area contributed by atoms with E-state index in [2.05, 4.69) is 36.3 Å². The molecule has 0 fully saturated rings. The molecule has 2 aromatic rings. The standard InChI is InChI=1S/C15H22N4OS2/c1-10(13(20)16-8-7-15(2,3)4)19-12(17-18-14(19)21)11-6-5-9-22-11/h5-6,9-10H,7-8H2,1-4H3,(H,16,20)(H,18,21). The summed E-state index contributed by atoms with van der Waals surface area (Å²) in [5.41, 5.74) is 0.199. The smallest absolute Gasteiger partial charge is 0.242 e. The number of rotatable bonds is 5. The third-order valence-electron chi connectivity index (χ3n) is 3.39. The number of H-pyrrole nitrogens is 1. The number of hydrogen-bond acceptors (Lipinski definition) is 4. The lowest BCUT2D eigenvalue weighted by Gasteiger charge is -2.20. The van der Waals surface area contributed by atoms with Gasteiger partial charge in [0.25, 0.3) is 0 Å². The van der Waals surface area contributed by atoms with Crippen LogP contribution in [0.3, 0.4) is 0 Å². The van der Waals surface area contributed by atoms with Gasteiger partial charge in [0.05, 0.1) is 4.88 Å². The molecule has 0 aliphatic rings. The normalized spacial score (nSPS) is 13.1. The molecule has 7 heteroatoms. The number of thiophene rings is 1. The second kappa shape index (κ2) is 6.75. The van der Waals surface area contributed by atoms with Crippen molar-refractivity contribution >= 4 is 29.5 Å². The Hall–Kier alpha value is -1.47. The zero-order valence-electron chi connectivity index (χ0n) is 13.3. The summed E-state index contributed by atoms with van der Waals surface area (Å²) in [4.78, 5) is 13.4. The summed E-state index contributed by atoms with van der Waals surface area (Å²) in [5, 5.41) is 12.0. The van der Waals surface area contributed by atoms with Gasteiger partial charge in [-0.1, -0.05) is 26.8 Å². The third-order valence-corrected chi connectivity index (χ3v) is 4.54. The molecule has 0 saturated heterocycles. The quantitative estimate of drug-likeness (QED) is 0.816. The van der Waals surface area contributed by atoms with E-state index in [1.165, 1.54) is 0 Å². The largest absolute Gasteiger partial charge is 0.354 e. The lowest BCUT2D eigenvalue weighted by atomic mass is 9.92. The number of carbonyl (C=O) groups is 1. The van der Waals surface area contributed by atoms with Crippen LogP contribution >= 0.6 is 23.6 Å². The maximum absolute atomic E-state index is 12.4. The zero-order chi connectivity index (χ0) is 16.3. The third kappa shape index (κ3) is 4.04. The summed E-state index contributed by atoms with van der Waals surface area (Å²) < 4.78 is 2.23. The van der Waals surface area contributed by atoms with Gasteiger partial charge in [0, 0.05) is 6.54 Å². The average Bonchev–Trinajstić information content (AvgIpc) is 3.05. The first-order valence-corrected chi connectivity index (χ1v) is 8.57.